The van der Waals surface area contributed by atoms with Crippen LogP contribution < -0.4 is 4.74 Å². The maximum absolute atomic E-state index is 10.9. The summed E-state index contributed by atoms with van der Waals surface area (Å²) in [4.78, 5) is 10.9. The maximum atomic E-state index is 10.9. The van der Waals surface area contributed by atoms with Crippen LogP contribution in [0.3, 0.4) is 0 Å². The van der Waals surface area contributed by atoms with Gasteiger partial charge in [-0.1, -0.05) is 30.9 Å². The quantitative estimate of drug-likeness (QED) is 0.898. The predicted octanol–water partition coefficient (Wildman–Crippen LogP) is 4.00. The van der Waals surface area contributed by atoms with Crippen molar-refractivity contribution in [1.82, 2.24) is 0 Å². The monoisotopic (exact) mass is 268 g/mol. The summed E-state index contributed by atoms with van der Waals surface area (Å²) < 4.78 is 5.67. The fraction of sp³-hybridized carbons (Fsp3) is 0.500. The Bertz CT molecular complexity index is 425. The van der Waals surface area contributed by atoms with Crippen LogP contribution in [0.2, 0.25) is 5.02 Å². The van der Waals surface area contributed by atoms with Gasteiger partial charge in [-0.05, 0) is 37.0 Å². The van der Waals surface area contributed by atoms with Gasteiger partial charge < -0.3 is 9.84 Å². The van der Waals surface area contributed by atoms with Gasteiger partial charge in [0.25, 0.3) is 0 Å². The molecule has 0 radical (unpaired) electrons. The number of benzene rings is 1. The van der Waals surface area contributed by atoms with Crippen LogP contribution in [0.4, 0.5) is 0 Å². The van der Waals surface area contributed by atoms with Crippen molar-refractivity contribution in [3.8, 4) is 5.75 Å². The first-order valence-electron chi connectivity index (χ1n) is 6.32. The van der Waals surface area contributed by atoms with Crippen molar-refractivity contribution >= 4 is 17.6 Å². The lowest BCUT2D eigenvalue weighted by Gasteiger charge is -2.21. The fourth-order valence-corrected chi connectivity index (χ4v) is 2.52. The van der Waals surface area contributed by atoms with Crippen LogP contribution in [-0.4, -0.2) is 17.7 Å². The van der Waals surface area contributed by atoms with Gasteiger partial charge in [0.1, 0.15) is 5.75 Å². The third-order valence-corrected chi connectivity index (χ3v) is 3.71. The summed E-state index contributed by atoms with van der Waals surface area (Å²) in [6, 6.07) is 4.78. The van der Waals surface area contributed by atoms with Crippen LogP contribution >= 0.6 is 11.6 Å². The van der Waals surface area contributed by atoms with E-state index in [1.807, 2.05) is 0 Å². The molecule has 1 fully saturated rings. The van der Waals surface area contributed by atoms with Crippen LogP contribution in [0, 0.1) is 5.92 Å². The lowest BCUT2D eigenvalue weighted by molar-refractivity contribution is 0.0696. The Morgan fingerprint density at radius 1 is 1.33 bits per heavy atom. The van der Waals surface area contributed by atoms with Crippen LogP contribution in [0.5, 0.6) is 5.75 Å². The van der Waals surface area contributed by atoms with E-state index < -0.39 is 5.97 Å². The number of halogens is 1. The topological polar surface area (TPSA) is 46.5 Å². The van der Waals surface area contributed by atoms with E-state index in [9.17, 15) is 4.79 Å². The molecular weight excluding hydrogens is 252 g/mol. The van der Waals surface area contributed by atoms with E-state index in [1.165, 1.54) is 38.2 Å². The second kappa shape index (κ2) is 6.10. The molecule has 0 spiro atoms. The van der Waals surface area contributed by atoms with E-state index >= 15 is 0 Å². The van der Waals surface area contributed by atoms with E-state index in [0.29, 0.717) is 18.3 Å². The summed E-state index contributed by atoms with van der Waals surface area (Å²) in [6.45, 7) is 0.667. The summed E-state index contributed by atoms with van der Waals surface area (Å²) in [7, 11) is 0. The Labute approximate surface area is 112 Å². The highest BCUT2D eigenvalue weighted by Crippen LogP contribution is 2.26. The SMILES string of the molecule is O=C(O)c1cc(OCC2CCCCC2)ccc1Cl. The Balaban J connectivity index is 1.96. The van der Waals surface area contributed by atoms with Gasteiger partial charge in [0, 0.05) is 0 Å². The van der Waals surface area contributed by atoms with Crippen molar-refractivity contribution in [2.75, 3.05) is 6.61 Å². The molecule has 0 aromatic heterocycles. The number of hydrogen-bond donors (Lipinski definition) is 1. The van der Waals surface area contributed by atoms with Crippen LogP contribution in [0.15, 0.2) is 18.2 Å². The maximum Gasteiger partial charge on any atom is 0.337 e. The van der Waals surface area contributed by atoms with E-state index in [-0.39, 0.29) is 10.6 Å². The fourth-order valence-electron chi connectivity index (χ4n) is 2.33. The van der Waals surface area contributed by atoms with Crippen molar-refractivity contribution in [3.63, 3.8) is 0 Å². The molecule has 3 nitrogen and oxygen atoms in total. The van der Waals surface area contributed by atoms with Crippen molar-refractivity contribution in [2.24, 2.45) is 5.92 Å². The summed E-state index contributed by atoms with van der Waals surface area (Å²) >= 11 is 5.80. The zero-order valence-electron chi connectivity index (χ0n) is 10.2. The Kier molecular flexibility index (Phi) is 4.48. The highest BCUT2D eigenvalue weighted by Gasteiger charge is 2.15. The first kappa shape index (κ1) is 13.2. The molecule has 1 aromatic carbocycles. The molecule has 1 aliphatic carbocycles. The molecule has 98 valence electrons. The van der Waals surface area contributed by atoms with Crippen molar-refractivity contribution in [2.45, 2.75) is 32.1 Å². The van der Waals surface area contributed by atoms with Crippen LogP contribution in [0.25, 0.3) is 0 Å². The molecule has 0 aliphatic heterocycles. The molecule has 18 heavy (non-hydrogen) atoms. The van der Waals surface area contributed by atoms with Gasteiger partial charge in [0.2, 0.25) is 0 Å². The minimum Gasteiger partial charge on any atom is -0.493 e. The molecule has 0 amide bonds. The van der Waals surface area contributed by atoms with E-state index in [1.54, 1.807) is 12.1 Å². The minimum atomic E-state index is -1.02. The zero-order chi connectivity index (χ0) is 13.0. The van der Waals surface area contributed by atoms with Crippen molar-refractivity contribution < 1.29 is 14.6 Å². The number of ether oxygens (including phenoxy) is 1. The number of carboxylic acids is 1. The number of hydrogen-bond acceptors (Lipinski definition) is 2. The highest BCUT2D eigenvalue weighted by atomic mass is 35.5. The second-order valence-electron chi connectivity index (χ2n) is 4.76. The number of carboxylic acid groups (broad SMARTS) is 1. The van der Waals surface area contributed by atoms with E-state index in [4.69, 9.17) is 21.4 Å². The number of carbonyl (C=O) groups is 1. The molecule has 2 rings (SSSR count). The summed E-state index contributed by atoms with van der Waals surface area (Å²) in [5.41, 5.74) is 0.0952. The van der Waals surface area contributed by atoms with Gasteiger partial charge >= 0.3 is 5.97 Å². The van der Waals surface area contributed by atoms with Gasteiger partial charge in [0.15, 0.2) is 0 Å². The Hall–Kier alpha value is -1.22. The van der Waals surface area contributed by atoms with Gasteiger partial charge in [-0.3, -0.25) is 0 Å². The molecule has 0 bridgehead atoms. The average Bonchev–Trinajstić information content (AvgIpc) is 2.38. The summed E-state index contributed by atoms with van der Waals surface area (Å²) in [5.74, 6) is 0.160. The third kappa shape index (κ3) is 3.39. The molecular formula is C14H17ClO3. The highest BCUT2D eigenvalue weighted by molar-refractivity contribution is 6.33. The standard InChI is InChI=1S/C14H17ClO3/c15-13-7-6-11(8-12(13)14(16)17)18-9-10-4-2-1-3-5-10/h6-8,10H,1-5,9H2,(H,16,17). The molecule has 4 heteroatoms. The largest absolute Gasteiger partial charge is 0.493 e. The number of aromatic carboxylic acids is 1. The van der Waals surface area contributed by atoms with E-state index in [2.05, 4.69) is 0 Å². The summed E-state index contributed by atoms with van der Waals surface area (Å²) in [5, 5.41) is 9.21. The first-order valence-corrected chi connectivity index (χ1v) is 6.70. The first-order chi connectivity index (χ1) is 8.66. The normalized spacial score (nSPS) is 16.5. The molecule has 1 aromatic rings. The second-order valence-corrected chi connectivity index (χ2v) is 5.17. The molecule has 0 saturated heterocycles. The molecule has 1 N–H and O–H groups in total. The molecule has 0 atom stereocenters. The van der Waals surface area contributed by atoms with E-state index in [0.717, 1.165) is 0 Å². The van der Waals surface area contributed by atoms with Gasteiger partial charge in [-0.15, -0.1) is 0 Å². The van der Waals surface area contributed by atoms with Gasteiger partial charge in [-0.2, -0.15) is 0 Å². The van der Waals surface area contributed by atoms with Crippen molar-refractivity contribution in [3.05, 3.63) is 28.8 Å². The van der Waals surface area contributed by atoms with Crippen molar-refractivity contribution in [1.29, 1.82) is 0 Å². The average molecular weight is 269 g/mol. The molecule has 0 unspecified atom stereocenters. The van der Waals surface area contributed by atoms with Crippen LogP contribution in [0.1, 0.15) is 42.5 Å². The molecule has 1 aliphatic rings. The Morgan fingerprint density at radius 2 is 2.06 bits per heavy atom. The van der Waals surface area contributed by atoms with Crippen LogP contribution in [-0.2, 0) is 0 Å². The minimum absolute atomic E-state index is 0.0952. The van der Waals surface area contributed by atoms with Gasteiger partial charge in [-0.25, -0.2) is 4.79 Å². The smallest absolute Gasteiger partial charge is 0.337 e. The molecule has 0 heterocycles. The summed E-state index contributed by atoms with van der Waals surface area (Å²) in [6.07, 6.45) is 6.28. The number of rotatable bonds is 4. The third-order valence-electron chi connectivity index (χ3n) is 3.38. The Morgan fingerprint density at radius 3 is 2.72 bits per heavy atom. The van der Waals surface area contributed by atoms with Gasteiger partial charge in [0.05, 0.1) is 17.2 Å². The zero-order valence-corrected chi connectivity index (χ0v) is 10.9. The lowest BCUT2D eigenvalue weighted by Crippen LogP contribution is -2.15. The molecule has 1 saturated carbocycles. The predicted molar refractivity (Wildman–Crippen MR) is 70.5 cm³/mol. The lowest BCUT2D eigenvalue weighted by atomic mass is 9.90.